The third-order valence-corrected chi connectivity index (χ3v) is 6.76. The Labute approximate surface area is 144 Å². The molecule has 0 radical (unpaired) electrons. The Morgan fingerprint density at radius 1 is 1.22 bits per heavy atom. The van der Waals surface area contributed by atoms with Crippen molar-refractivity contribution >= 4 is 31.7 Å². The predicted molar refractivity (Wildman–Crippen MR) is 90.3 cm³/mol. The van der Waals surface area contributed by atoms with Gasteiger partial charge in [0.15, 0.2) is 9.84 Å². The second-order valence-electron chi connectivity index (χ2n) is 6.05. The van der Waals surface area contributed by atoms with Crippen molar-refractivity contribution in [1.82, 2.24) is 9.80 Å². The van der Waals surface area contributed by atoms with Crippen LogP contribution in [0.5, 0.6) is 5.75 Å². The number of hydrogen-bond acceptors (Lipinski definition) is 5. The standard InChI is InChI=1S/C15H19BrN2O4S/c16-11-1-2-14(19)13(9-11)15(20)18-6-4-17(5-7-18)12-3-8-23(21,22)10-12/h1-2,9,12,19H,3-8,10H2. The van der Waals surface area contributed by atoms with Crippen LogP contribution in [-0.2, 0) is 9.84 Å². The molecule has 1 N–H and O–H groups in total. The first-order valence-electron chi connectivity index (χ1n) is 7.58. The van der Waals surface area contributed by atoms with Crippen LogP contribution in [0.2, 0.25) is 0 Å². The molecule has 1 aromatic rings. The molecule has 23 heavy (non-hydrogen) atoms. The van der Waals surface area contributed by atoms with Gasteiger partial charge in [-0.05, 0) is 24.6 Å². The molecule has 8 heteroatoms. The Morgan fingerprint density at radius 3 is 2.52 bits per heavy atom. The maximum atomic E-state index is 12.5. The van der Waals surface area contributed by atoms with Gasteiger partial charge in [0.2, 0.25) is 0 Å². The molecule has 0 spiro atoms. The first-order chi connectivity index (χ1) is 10.9. The number of aromatic hydroxyl groups is 1. The van der Waals surface area contributed by atoms with Crippen LogP contribution in [0.1, 0.15) is 16.8 Å². The summed E-state index contributed by atoms with van der Waals surface area (Å²) in [5.41, 5.74) is 0.288. The average molecular weight is 403 g/mol. The molecular weight excluding hydrogens is 384 g/mol. The minimum Gasteiger partial charge on any atom is -0.507 e. The minimum absolute atomic E-state index is 0.0254. The van der Waals surface area contributed by atoms with Gasteiger partial charge in [-0.3, -0.25) is 9.69 Å². The summed E-state index contributed by atoms with van der Waals surface area (Å²) in [5, 5.41) is 9.87. The minimum atomic E-state index is -2.89. The number of sulfone groups is 1. The van der Waals surface area contributed by atoms with Gasteiger partial charge < -0.3 is 10.0 Å². The van der Waals surface area contributed by atoms with Crippen molar-refractivity contribution in [2.75, 3.05) is 37.7 Å². The molecule has 0 aliphatic carbocycles. The number of carbonyl (C=O) groups is 1. The monoisotopic (exact) mass is 402 g/mol. The Balaban J connectivity index is 1.63. The van der Waals surface area contributed by atoms with Crippen LogP contribution in [0.15, 0.2) is 22.7 Å². The van der Waals surface area contributed by atoms with Crippen LogP contribution in [0.4, 0.5) is 0 Å². The maximum absolute atomic E-state index is 12.5. The molecule has 1 aromatic carbocycles. The normalized spacial score (nSPS) is 24.7. The van der Waals surface area contributed by atoms with Gasteiger partial charge in [-0.15, -0.1) is 0 Å². The maximum Gasteiger partial charge on any atom is 0.257 e. The number of halogens is 1. The molecule has 1 unspecified atom stereocenters. The summed E-state index contributed by atoms with van der Waals surface area (Å²) in [4.78, 5) is 16.4. The first-order valence-corrected chi connectivity index (χ1v) is 10.2. The molecule has 126 valence electrons. The Kier molecular flexibility index (Phi) is 4.66. The van der Waals surface area contributed by atoms with E-state index in [1.54, 1.807) is 17.0 Å². The van der Waals surface area contributed by atoms with Crippen LogP contribution < -0.4 is 0 Å². The number of benzene rings is 1. The molecule has 0 saturated carbocycles. The zero-order valence-electron chi connectivity index (χ0n) is 12.6. The molecule has 2 aliphatic heterocycles. The molecule has 2 saturated heterocycles. The van der Waals surface area contributed by atoms with E-state index in [4.69, 9.17) is 0 Å². The van der Waals surface area contributed by atoms with E-state index in [-0.39, 0.29) is 34.8 Å². The third kappa shape index (κ3) is 3.70. The SMILES string of the molecule is O=C(c1cc(Br)ccc1O)N1CCN(C2CCS(=O)(=O)C2)CC1. The van der Waals surface area contributed by atoms with Crippen LogP contribution in [0.3, 0.4) is 0 Å². The molecule has 2 aliphatic rings. The molecule has 0 bridgehead atoms. The van der Waals surface area contributed by atoms with Gasteiger partial charge in [-0.1, -0.05) is 15.9 Å². The second kappa shape index (κ2) is 6.41. The van der Waals surface area contributed by atoms with Crippen molar-refractivity contribution in [3.05, 3.63) is 28.2 Å². The molecule has 1 amide bonds. The summed E-state index contributed by atoms with van der Waals surface area (Å²) in [6, 6.07) is 4.88. The lowest BCUT2D eigenvalue weighted by molar-refractivity contribution is 0.0585. The Morgan fingerprint density at radius 2 is 1.91 bits per heavy atom. The van der Waals surface area contributed by atoms with Crippen LogP contribution >= 0.6 is 15.9 Å². The number of piperazine rings is 1. The second-order valence-corrected chi connectivity index (χ2v) is 9.19. The lowest BCUT2D eigenvalue weighted by atomic mass is 10.1. The number of carbonyl (C=O) groups excluding carboxylic acids is 1. The zero-order chi connectivity index (χ0) is 16.6. The lowest BCUT2D eigenvalue weighted by Crippen LogP contribution is -2.52. The quantitative estimate of drug-likeness (QED) is 0.801. The summed E-state index contributed by atoms with van der Waals surface area (Å²) in [6.45, 7) is 2.42. The number of rotatable bonds is 2. The number of phenolic OH excluding ortho intramolecular Hbond substituents is 1. The molecule has 6 nitrogen and oxygen atoms in total. The van der Waals surface area contributed by atoms with E-state index in [1.807, 2.05) is 0 Å². The number of phenols is 1. The van der Waals surface area contributed by atoms with Crippen LogP contribution in [-0.4, -0.2) is 73.0 Å². The summed E-state index contributed by atoms with van der Waals surface area (Å²) >= 11 is 3.31. The van der Waals surface area contributed by atoms with Crippen molar-refractivity contribution in [3.8, 4) is 5.75 Å². The summed E-state index contributed by atoms with van der Waals surface area (Å²) in [7, 11) is -2.89. The summed E-state index contributed by atoms with van der Waals surface area (Å²) < 4.78 is 23.9. The number of amides is 1. The van der Waals surface area contributed by atoms with Gasteiger partial charge in [-0.25, -0.2) is 8.42 Å². The Hall–Kier alpha value is -1.12. The van der Waals surface area contributed by atoms with E-state index in [2.05, 4.69) is 20.8 Å². The molecular formula is C15H19BrN2O4S. The van der Waals surface area contributed by atoms with Gasteiger partial charge in [0.05, 0.1) is 17.1 Å². The van der Waals surface area contributed by atoms with Crippen LogP contribution in [0, 0.1) is 0 Å². The highest BCUT2D eigenvalue weighted by Gasteiger charge is 2.34. The van der Waals surface area contributed by atoms with E-state index < -0.39 is 9.84 Å². The van der Waals surface area contributed by atoms with Gasteiger partial charge in [0.1, 0.15) is 5.75 Å². The van der Waals surface area contributed by atoms with Gasteiger partial charge in [-0.2, -0.15) is 0 Å². The van der Waals surface area contributed by atoms with Gasteiger partial charge in [0, 0.05) is 36.7 Å². The van der Waals surface area contributed by atoms with E-state index >= 15 is 0 Å². The fourth-order valence-electron chi connectivity index (χ4n) is 3.20. The summed E-state index contributed by atoms with van der Waals surface area (Å²) in [5.74, 6) is 0.279. The average Bonchev–Trinajstić information content (AvgIpc) is 2.89. The molecule has 3 rings (SSSR count). The topological polar surface area (TPSA) is 77.9 Å². The van der Waals surface area contributed by atoms with Crippen molar-refractivity contribution in [3.63, 3.8) is 0 Å². The van der Waals surface area contributed by atoms with E-state index in [1.165, 1.54) is 6.07 Å². The fourth-order valence-corrected chi connectivity index (χ4v) is 5.33. The highest BCUT2D eigenvalue weighted by atomic mass is 79.9. The third-order valence-electron chi connectivity index (χ3n) is 4.52. The lowest BCUT2D eigenvalue weighted by Gasteiger charge is -2.37. The highest BCUT2D eigenvalue weighted by Crippen LogP contribution is 2.25. The predicted octanol–water partition coefficient (Wildman–Crippen LogP) is 1.10. The smallest absolute Gasteiger partial charge is 0.257 e. The van der Waals surface area contributed by atoms with E-state index in [0.717, 1.165) is 4.47 Å². The van der Waals surface area contributed by atoms with E-state index in [0.29, 0.717) is 32.6 Å². The van der Waals surface area contributed by atoms with E-state index in [9.17, 15) is 18.3 Å². The van der Waals surface area contributed by atoms with Crippen LogP contribution in [0.25, 0.3) is 0 Å². The highest BCUT2D eigenvalue weighted by molar-refractivity contribution is 9.10. The fraction of sp³-hybridized carbons (Fsp3) is 0.533. The van der Waals surface area contributed by atoms with Gasteiger partial charge in [0.25, 0.3) is 5.91 Å². The van der Waals surface area contributed by atoms with Crippen molar-refractivity contribution in [2.45, 2.75) is 12.5 Å². The molecule has 2 fully saturated rings. The van der Waals surface area contributed by atoms with Crippen molar-refractivity contribution in [2.24, 2.45) is 0 Å². The summed E-state index contributed by atoms with van der Waals surface area (Å²) in [6.07, 6.45) is 0.683. The molecule has 1 atom stereocenters. The number of nitrogens with zero attached hydrogens (tertiary/aromatic N) is 2. The van der Waals surface area contributed by atoms with Crippen molar-refractivity contribution in [1.29, 1.82) is 0 Å². The molecule has 2 heterocycles. The number of hydrogen-bond donors (Lipinski definition) is 1. The van der Waals surface area contributed by atoms with Gasteiger partial charge >= 0.3 is 0 Å². The van der Waals surface area contributed by atoms with Crippen molar-refractivity contribution < 1.29 is 18.3 Å². The largest absolute Gasteiger partial charge is 0.507 e. The zero-order valence-corrected chi connectivity index (χ0v) is 15.0. The Bertz CT molecular complexity index is 714. The molecule has 0 aromatic heterocycles. The first kappa shape index (κ1) is 16.7.